The van der Waals surface area contributed by atoms with Crippen LogP contribution in [0.4, 0.5) is 4.79 Å². The highest BCUT2D eigenvalue weighted by Gasteiger charge is 2.27. The van der Waals surface area contributed by atoms with Gasteiger partial charge in [0.25, 0.3) is 5.91 Å². The largest absolute Gasteiger partial charge is 0.496 e. The summed E-state index contributed by atoms with van der Waals surface area (Å²) in [7, 11) is 2.93. The average molecular weight is 320 g/mol. The van der Waals surface area contributed by atoms with E-state index in [-0.39, 0.29) is 12.0 Å². The van der Waals surface area contributed by atoms with E-state index in [0.717, 1.165) is 5.56 Å². The Balaban J connectivity index is 2.15. The zero-order valence-electron chi connectivity index (χ0n) is 14.2. The van der Waals surface area contributed by atoms with Crippen molar-refractivity contribution >= 4 is 12.0 Å². The monoisotopic (exact) mass is 320 g/mol. The van der Waals surface area contributed by atoms with Crippen molar-refractivity contribution in [1.82, 2.24) is 9.80 Å². The molecule has 1 fully saturated rings. The van der Waals surface area contributed by atoms with E-state index in [0.29, 0.717) is 43.4 Å². The number of carbonyl (C=O) groups is 2. The van der Waals surface area contributed by atoms with Crippen LogP contribution in [0, 0.1) is 0 Å². The molecule has 6 heteroatoms. The molecule has 0 spiro atoms. The Morgan fingerprint density at radius 1 is 1.04 bits per heavy atom. The zero-order chi connectivity index (χ0) is 17.0. The lowest BCUT2D eigenvalue weighted by Crippen LogP contribution is -2.50. The second-order valence-electron chi connectivity index (χ2n) is 5.86. The van der Waals surface area contributed by atoms with Crippen LogP contribution >= 0.6 is 0 Å². The standard InChI is InChI=1S/C17H24N2O4/c1-12(2)13-5-6-15(22-3)14(11-13)16(20)18-7-9-19(10-8-18)17(21)23-4/h5-6,11-12H,7-10H2,1-4H3. The lowest BCUT2D eigenvalue weighted by atomic mass is 9.99. The first-order valence-corrected chi connectivity index (χ1v) is 7.78. The van der Waals surface area contributed by atoms with Gasteiger partial charge in [0, 0.05) is 26.2 Å². The number of hydrogen-bond acceptors (Lipinski definition) is 4. The maximum atomic E-state index is 12.8. The van der Waals surface area contributed by atoms with Crippen LogP contribution in [0.25, 0.3) is 0 Å². The van der Waals surface area contributed by atoms with Crippen molar-refractivity contribution in [2.45, 2.75) is 19.8 Å². The highest BCUT2D eigenvalue weighted by atomic mass is 16.5. The summed E-state index contributed by atoms with van der Waals surface area (Å²) in [5, 5.41) is 0. The minimum Gasteiger partial charge on any atom is -0.496 e. The fourth-order valence-electron chi connectivity index (χ4n) is 2.64. The molecule has 1 aliphatic heterocycles. The van der Waals surface area contributed by atoms with Gasteiger partial charge in [-0.2, -0.15) is 0 Å². The summed E-state index contributed by atoms with van der Waals surface area (Å²) in [4.78, 5) is 27.7. The van der Waals surface area contributed by atoms with E-state index in [1.54, 1.807) is 16.9 Å². The Morgan fingerprint density at radius 3 is 2.17 bits per heavy atom. The maximum absolute atomic E-state index is 12.8. The molecule has 2 amide bonds. The predicted octanol–water partition coefficient (Wildman–Crippen LogP) is 2.34. The quantitative estimate of drug-likeness (QED) is 0.858. The van der Waals surface area contributed by atoms with Crippen molar-refractivity contribution in [3.63, 3.8) is 0 Å². The fourth-order valence-corrected chi connectivity index (χ4v) is 2.64. The number of carbonyl (C=O) groups excluding carboxylic acids is 2. The molecule has 0 radical (unpaired) electrons. The van der Waals surface area contributed by atoms with Gasteiger partial charge >= 0.3 is 6.09 Å². The SMILES string of the molecule is COC(=O)N1CCN(C(=O)c2cc(C(C)C)ccc2OC)CC1. The van der Waals surface area contributed by atoms with Crippen molar-refractivity contribution in [2.75, 3.05) is 40.4 Å². The van der Waals surface area contributed by atoms with Crippen molar-refractivity contribution in [1.29, 1.82) is 0 Å². The molecule has 0 bridgehead atoms. The second-order valence-corrected chi connectivity index (χ2v) is 5.86. The molecule has 0 aliphatic carbocycles. The Hall–Kier alpha value is -2.24. The van der Waals surface area contributed by atoms with E-state index in [2.05, 4.69) is 13.8 Å². The summed E-state index contributed by atoms with van der Waals surface area (Å²) in [6.45, 7) is 6.11. The van der Waals surface area contributed by atoms with E-state index in [9.17, 15) is 9.59 Å². The smallest absolute Gasteiger partial charge is 0.409 e. The molecule has 0 atom stereocenters. The number of ether oxygens (including phenoxy) is 2. The minimum absolute atomic E-state index is 0.0612. The molecule has 1 aliphatic rings. The normalized spacial score (nSPS) is 14.8. The van der Waals surface area contributed by atoms with Crippen LogP contribution in [0.2, 0.25) is 0 Å². The van der Waals surface area contributed by atoms with Gasteiger partial charge in [-0.05, 0) is 23.6 Å². The van der Waals surface area contributed by atoms with Crippen molar-refractivity contribution in [2.24, 2.45) is 0 Å². The number of nitrogens with zero attached hydrogens (tertiary/aromatic N) is 2. The van der Waals surface area contributed by atoms with E-state index >= 15 is 0 Å². The van der Waals surface area contributed by atoms with Gasteiger partial charge in [-0.25, -0.2) is 4.79 Å². The summed E-state index contributed by atoms with van der Waals surface area (Å²) in [6.07, 6.45) is -0.350. The molecule has 23 heavy (non-hydrogen) atoms. The number of methoxy groups -OCH3 is 2. The van der Waals surface area contributed by atoms with Crippen LogP contribution in [0.15, 0.2) is 18.2 Å². The van der Waals surface area contributed by atoms with Gasteiger partial charge in [-0.15, -0.1) is 0 Å². The molecule has 0 aromatic heterocycles. The molecule has 1 heterocycles. The van der Waals surface area contributed by atoms with Gasteiger partial charge in [0.15, 0.2) is 0 Å². The maximum Gasteiger partial charge on any atom is 0.409 e. The average Bonchev–Trinajstić information content (AvgIpc) is 2.59. The number of rotatable bonds is 3. The Bertz CT molecular complexity index is 578. The molecule has 0 unspecified atom stereocenters. The first-order valence-electron chi connectivity index (χ1n) is 7.78. The van der Waals surface area contributed by atoms with Crippen molar-refractivity contribution in [3.8, 4) is 5.75 Å². The zero-order valence-corrected chi connectivity index (χ0v) is 14.2. The molecule has 1 aromatic carbocycles. The molecule has 1 aromatic rings. The number of benzene rings is 1. The van der Waals surface area contributed by atoms with E-state index < -0.39 is 0 Å². The van der Waals surface area contributed by atoms with Gasteiger partial charge < -0.3 is 19.3 Å². The third kappa shape index (κ3) is 3.75. The van der Waals surface area contributed by atoms with Crippen LogP contribution in [-0.2, 0) is 4.74 Å². The van der Waals surface area contributed by atoms with Crippen LogP contribution in [0.1, 0.15) is 35.7 Å². The summed E-state index contributed by atoms with van der Waals surface area (Å²) in [6, 6.07) is 5.72. The molecule has 1 saturated heterocycles. The molecule has 0 saturated carbocycles. The lowest BCUT2D eigenvalue weighted by Gasteiger charge is -2.34. The summed E-state index contributed by atoms with van der Waals surface area (Å²) in [5.74, 6) is 0.854. The Kier molecular flexibility index (Phi) is 5.47. The Labute approximate surface area is 137 Å². The summed E-state index contributed by atoms with van der Waals surface area (Å²) in [5.41, 5.74) is 1.67. The van der Waals surface area contributed by atoms with Crippen LogP contribution in [0.5, 0.6) is 5.75 Å². The third-order valence-electron chi connectivity index (χ3n) is 4.12. The fraction of sp³-hybridized carbons (Fsp3) is 0.529. The van der Waals surface area contributed by atoms with E-state index in [4.69, 9.17) is 9.47 Å². The van der Waals surface area contributed by atoms with Gasteiger partial charge in [0.1, 0.15) is 5.75 Å². The van der Waals surface area contributed by atoms with E-state index in [1.165, 1.54) is 7.11 Å². The number of hydrogen-bond donors (Lipinski definition) is 0. The lowest BCUT2D eigenvalue weighted by molar-refractivity contribution is 0.0597. The molecule has 126 valence electrons. The predicted molar refractivity (Wildman–Crippen MR) is 87.0 cm³/mol. The van der Waals surface area contributed by atoms with E-state index in [1.807, 2.05) is 18.2 Å². The van der Waals surface area contributed by atoms with Crippen LogP contribution in [0.3, 0.4) is 0 Å². The first kappa shape index (κ1) is 17.1. The summed E-state index contributed by atoms with van der Waals surface area (Å²) < 4.78 is 10.0. The van der Waals surface area contributed by atoms with Gasteiger partial charge in [-0.3, -0.25) is 4.79 Å². The van der Waals surface area contributed by atoms with Gasteiger partial charge in [0.2, 0.25) is 0 Å². The molecular formula is C17H24N2O4. The molecular weight excluding hydrogens is 296 g/mol. The first-order chi connectivity index (χ1) is 11.0. The minimum atomic E-state index is -0.350. The summed E-state index contributed by atoms with van der Waals surface area (Å²) >= 11 is 0. The van der Waals surface area contributed by atoms with Crippen LogP contribution in [-0.4, -0.2) is 62.2 Å². The highest BCUT2D eigenvalue weighted by molar-refractivity contribution is 5.97. The second kappa shape index (κ2) is 7.35. The number of amides is 2. The molecule has 2 rings (SSSR count). The van der Waals surface area contributed by atoms with Gasteiger partial charge in [0.05, 0.1) is 19.8 Å². The topological polar surface area (TPSA) is 59.1 Å². The van der Waals surface area contributed by atoms with Gasteiger partial charge in [-0.1, -0.05) is 19.9 Å². The van der Waals surface area contributed by atoms with Crippen molar-refractivity contribution < 1.29 is 19.1 Å². The Morgan fingerprint density at radius 2 is 1.65 bits per heavy atom. The molecule has 0 N–H and O–H groups in total. The van der Waals surface area contributed by atoms with Crippen LogP contribution < -0.4 is 4.74 Å². The highest BCUT2D eigenvalue weighted by Crippen LogP contribution is 2.25. The number of piperazine rings is 1. The third-order valence-corrected chi connectivity index (χ3v) is 4.12. The van der Waals surface area contributed by atoms with Crippen molar-refractivity contribution in [3.05, 3.63) is 29.3 Å². The molecule has 6 nitrogen and oxygen atoms in total.